The minimum atomic E-state index is -0.820. The summed E-state index contributed by atoms with van der Waals surface area (Å²) in [5.41, 5.74) is 4.16. The molecule has 0 radical (unpaired) electrons. The molecule has 0 aromatic heterocycles. The van der Waals surface area contributed by atoms with Crippen LogP contribution in [0.25, 0.3) is 0 Å². The number of nitrogens with two attached hydrogens (primary N) is 1. The number of hydrogen-bond donors (Lipinski definition) is 3. The van der Waals surface area contributed by atoms with E-state index in [-0.39, 0.29) is 12.6 Å². The highest BCUT2D eigenvalue weighted by atomic mass is 16.6. The van der Waals surface area contributed by atoms with Crippen LogP contribution in [-0.4, -0.2) is 35.0 Å². The Kier molecular flexibility index (Phi) is 3.80. The van der Waals surface area contributed by atoms with Gasteiger partial charge in [0.15, 0.2) is 0 Å². The molecule has 4 N–H and O–H groups in total. The number of aliphatic hydroxyl groups is 1. The second kappa shape index (κ2) is 4.59. The van der Waals surface area contributed by atoms with Crippen LogP contribution in [0.3, 0.4) is 0 Å². The van der Waals surface area contributed by atoms with Crippen molar-refractivity contribution >= 4 is 6.09 Å². The van der Waals surface area contributed by atoms with Gasteiger partial charge in [-0.2, -0.15) is 0 Å². The summed E-state index contributed by atoms with van der Waals surface area (Å²) >= 11 is 0. The van der Waals surface area contributed by atoms with Crippen LogP contribution in [0.1, 0.15) is 40.0 Å². The molecule has 0 saturated heterocycles. The number of carbonyl (C=O) groups is 1. The second-order valence-electron chi connectivity index (χ2n) is 5.51. The van der Waals surface area contributed by atoms with Gasteiger partial charge in [-0.1, -0.05) is 0 Å². The van der Waals surface area contributed by atoms with Gasteiger partial charge in [-0.25, -0.2) is 4.79 Å². The topological polar surface area (TPSA) is 84.6 Å². The normalized spacial score (nSPS) is 30.2. The number of rotatable bonds is 2. The monoisotopic (exact) mass is 230 g/mol. The van der Waals surface area contributed by atoms with Crippen LogP contribution in [0, 0.1) is 0 Å². The Balaban J connectivity index is 2.37. The van der Waals surface area contributed by atoms with Gasteiger partial charge < -0.3 is 20.9 Å². The summed E-state index contributed by atoms with van der Waals surface area (Å²) in [7, 11) is 0. The lowest BCUT2D eigenvalue weighted by Gasteiger charge is -2.23. The fraction of sp³-hybridized carbons (Fsp3) is 0.909. The summed E-state index contributed by atoms with van der Waals surface area (Å²) in [6, 6.07) is -0.0385. The standard InChI is InChI=1S/C11H22N2O3/c1-10(2,3)16-9(14)13-8-4-5-11(15,6-8)7-12/h8,15H,4-7,12H2,1-3H3,(H,13,14)/t8-,11?/m1/s1. The Bertz CT molecular complexity index is 262. The first-order chi connectivity index (χ1) is 7.24. The molecule has 1 aliphatic carbocycles. The zero-order chi connectivity index (χ0) is 12.4. The average molecular weight is 230 g/mol. The third-order valence-corrected chi connectivity index (χ3v) is 2.69. The molecule has 0 aliphatic heterocycles. The van der Waals surface area contributed by atoms with Gasteiger partial charge in [-0.3, -0.25) is 0 Å². The van der Waals surface area contributed by atoms with Crippen molar-refractivity contribution in [3.05, 3.63) is 0 Å². The summed E-state index contributed by atoms with van der Waals surface area (Å²) in [5.74, 6) is 0. The molecule has 1 amide bonds. The van der Waals surface area contributed by atoms with Gasteiger partial charge in [-0.15, -0.1) is 0 Å². The maximum atomic E-state index is 11.5. The lowest BCUT2D eigenvalue weighted by Crippen LogP contribution is -2.41. The van der Waals surface area contributed by atoms with E-state index in [0.29, 0.717) is 12.8 Å². The van der Waals surface area contributed by atoms with E-state index in [1.54, 1.807) is 0 Å². The van der Waals surface area contributed by atoms with Crippen LogP contribution < -0.4 is 11.1 Å². The van der Waals surface area contributed by atoms with Crippen molar-refractivity contribution in [2.75, 3.05) is 6.54 Å². The van der Waals surface area contributed by atoms with E-state index in [1.165, 1.54) is 0 Å². The Hall–Kier alpha value is -0.810. The molecule has 2 atom stereocenters. The van der Waals surface area contributed by atoms with E-state index in [9.17, 15) is 9.90 Å². The minimum absolute atomic E-state index is 0.0385. The molecule has 1 unspecified atom stereocenters. The van der Waals surface area contributed by atoms with E-state index >= 15 is 0 Å². The predicted octanol–water partition coefficient (Wildman–Crippen LogP) is 0.753. The maximum Gasteiger partial charge on any atom is 0.407 e. The number of alkyl carbamates (subject to hydrolysis) is 1. The van der Waals surface area contributed by atoms with E-state index in [4.69, 9.17) is 10.5 Å². The molecule has 1 fully saturated rings. The Labute approximate surface area is 96.3 Å². The van der Waals surface area contributed by atoms with Crippen LogP contribution in [0.5, 0.6) is 0 Å². The average Bonchev–Trinajstić information content (AvgIpc) is 2.45. The number of ether oxygens (including phenoxy) is 1. The quantitative estimate of drug-likeness (QED) is 0.653. The molecule has 1 aliphatic rings. The van der Waals surface area contributed by atoms with Crippen molar-refractivity contribution in [3.8, 4) is 0 Å². The Morgan fingerprint density at radius 3 is 2.69 bits per heavy atom. The highest BCUT2D eigenvalue weighted by Gasteiger charge is 2.37. The van der Waals surface area contributed by atoms with Gasteiger partial charge in [-0.05, 0) is 40.0 Å². The Morgan fingerprint density at radius 2 is 2.25 bits per heavy atom. The van der Waals surface area contributed by atoms with Crippen LogP contribution in [0.4, 0.5) is 4.79 Å². The van der Waals surface area contributed by atoms with Gasteiger partial charge in [0.25, 0.3) is 0 Å². The van der Waals surface area contributed by atoms with Crippen LogP contribution in [0.15, 0.2) is 0 Å². The smallest absolute Gasteiger partial charge is 0.407 e. The van der Waals surface area contributed by atoms with Crippen LogP contribution in [0.2, 0.25) is 0 Å². The lowest BCUT2D eigenvalue weighted by molar-refractivity contribution is 0.0444. The van der Waals surface area contributed by atoms with Crippen molar-refractivity contribution in [3.63, 3.8) is 0 Å². The molecule has 0 bridgehead atoms. The molecule has 0 aromatic rings. The first-order valence-corrected chi connectivity index (χ1v) is 5.66. The number of carbonyl (C=O) groups excluding carboxylic acids is 1. The first-order valence-electron chi connectivity index (χ1n) is 5.66. The van der Waals surface area contributed by atoms with Crippen LogP contribution >= 0.6 is 0 Å². The Morgan fingerprint density at radius 1 is 1.62 bits per heavy atom. The number of amides is 1. The third-order valence-electron chi connectivity index (χ3n) is 2.69. The van der Waals surface area contributed by atoms with Gasteiger partial charge in [0, 0.05) is 12.6 Å². The molecule has 5 heteroatoms. The van der Waals surface area contributed by atoms with E-state index in [1.807, 2.05) is 20.8 Å². The highest BCUT2D eigenvalue weighted by Crippen LogP contribution is 2.29. The molecule has 1 rings (SSSR count). The zero-order valence-electron chi connectivity index (χ0n) is 10.2. The van der Waals surface area contributed by atoms with Gasteiger partial charge in [0.1, 0.15) is 5.60 Å². The number of nitrogens with one attached hydrogen (secondary N) is 1. The van der Waals surface area contributed by atoms with Crippen molar-refractivity contribution < 1.29 is 14.6 Å². The van der Waals surface area contributed by atoms with Crippen LogP contribution in [-0.2, 0) is 4.74 Å². The van der Waals surface area contributed by atoms with Gasteiger partial charge >= 0.3 is 6.09 Å². The molecule has 0 heterocycles. The van der Waals surface area contributed by atoms with Gasteiger partial charge in [0.2, 0.25) is 0 Å². The first kappa shape index (κ1) is 13.3. The summed E-state index contributed by atoms with van der Waals surface area (Å²) in [6.45, 7) is 5.69. The highest BCUT2D eigenvalue weighted by molar-refractivity contribution is 5.68. The van der Waals surface area contributed by atoms with Gasteiger partial charge in [0.05, 0.1) is 5.60 Å². The second-order valence-corrected chi connectivity index (χ2v) is 5.51. The molecule has 1 saturated carbocycles. The molecule has 94 valence electrons. The van der Waals surface area contributed by atoms with Crippen molar-refractivity contribution in [1.82, 2.24) is 5.32 Å². The summed E-state index contributed by atoms with van der Waals surface area (Å²) in [4.78, 5) is 11.5. The molecule has 16 heavy (non-hydrogen) atoms. The fourth-order valence-electron chi connectivity index (χ4n) is 1.89. The molecule has 5 nitrogen and oxygen atoms in total. The predicted molar refractivity (Wildman–Crippen MR) is 61.0 cm³/mol. The van der Waals surface area contributed by atoms with Crippen molar-refractivity contribution in [1.29, 1.82) is 0 Å². The SMILES string of the molecule is CC(C)(C)OC(=O)N[C@@H]1CCC(O)(CN)C1. The van der Waals surface area contributed by atoms with E-state index in [0.717, 1.165) is 6.42 Å². The fourth-order valence-corrected chi connectivity index (χ4v) is 1.89. The molecule has 0 aromatic carbocycles. The largest absolute Gasteiger partial charge is 0.444 e. The van der Waals surface area contributed by atoms with E-state index in [2.05, 4.69) is 5.32 Å². The summed E-state index contributed by atoms with van der Waals surface area (Å²) in [6.07, 6.45) is 1.44. The molecular weight excluding hydrogens is 208 g/mol. The van der Waals surface area contributed by atoms with E-state index < -0.39 is 17.3 Å². The summed E-state index contributed by atoms with van der Waals surface area (Å²) < 4.78 is 5.14. The third kappa shape index (κ3) is 3.98. The zero-order valence-corrected chi connectivity index (χ0v) is 10.2. The molecule has 0 spiro atoms. The number of hydrogen-bond acceptors (Lipinski definition) is 4. The van der Waals surface area contributed by atoms with Crippen molar-refractivity contribution in [2.45, 2.75) is 57.3 Å². The molecular formula is C11H22N2O3. The lowest BCUT2D eigenvalue weighted by atomic mass is 10.0. The van der Waals surface area contributed by atoms with Crippen molar-refractivity contribution in [2.24, 2.45) is 5.73 Å². The minimum Gasteiger partial charge on any atom is -0.444 e. The summed E-state index contributed by atoms with van der Waals surface area (Å²) in [5, 5.41) is 12.6. The maximum absolute atomic E-state index is 11.5.